The van der Waals surface area contributed by atoms with Crippen molar-refractivity contribution in [1.82, 2.24) is 19.8 Å². The van der Waals surface area contributed by atoms with E-state index in [2.05, 4.69) is 14.9 Å². The quantitative estimate of drug-likeness (QED) is 0.755. The summed E-state index contributed by atoms with van der Waals surface area (Å²) in [7, 11) is 0. The van der Waals surface area contributed by atoms with E-state index in [-0.39, 0.29) is 12.0 Å². The minimum Gasteiger partial charge on any atom is -0.450 e. The molecular weight excluding hydrogens is 378 g/mol. The summed E-state index contributed by atoms with van der Waals surface area (Å²) in [6.45, 7) is 8.24. The van der Waals surface area contributed by atoms with Crippen LogP contribution in [-0.2, 0) is 9.47 Å². The third-order valence-electron chi connectivity index (χ3n) is 5.26. The Kier molecular flexibility index (Phi) is 5.52. The second-order valence-corrected chi connectivity index (χ2v) is 6.99. The number of hydrogen-bond donors (Lipinski definition) is 0. The molecule has 156 valence electrons. The number of nitrogens with zero attached hydrogens (tertiary/aromatic N) is 5. The van der Waals surface area contributed by atoms with Gasteiger partial charge < -0.3 is 28.6 Å². The Hall–Kier alpha value is -2.88. The number of morpholine rings is 1. The molecular formula is C19H25N5O5. The van der Waals surface area contributed by atoms with Crippen LogP contribution in [0.3, 0.4) is 0 Å². The highest BCUT2D eigenvalue weighted by Gasteiger charge is 2.31. The lowest BCUT2D eigenvalue weighted by atomic mass is 10.1. The van der Waals surface area contributed by atoms with E-state index in [1.807, 2.05) is 0 Å². The third-order valence-corrected chi connectivity index (χ3v) is 5.26. The van der Waals surface area contributed by atoms with E-state index in [4.69, 9.17) is 13.9 Å². The van der Waals surface area contributed by atoms with Crippen molar-refractivity contribution in [3.8, 4) is 0 Å². The molecule has 2 aromatic heterocycles. The summed E-state index contributed by atoms with van der Waals surface area (Å²) < 4.78 is 16.3. The monoisotopic (exact) mass is 403 g/mol. The fourth-order valence-corrected chi connectivity index (χ4v) is 3.77. The molecule has 0 spiro atoms. The van der Waals surface area contributed by atoms with E-state index in [9.17, 15) is 9.59 Å². The molecule has 0 bridgehead atoms. The minimum absolute atomic E-state index is 0.130. The number of rotatable bonds is 3. The maximum atomic E-state index is 13.4. The first-order chi connectivity index (χ1) is 14.1. The number of carbonyl (C=O) groups excluding carboxylic acids is 2. The molecule has 2 aliphatic rings. The van der Waals surface area contributed by atoms with Crippen LogP contribution in [0.4, 0.5) is 10.6 Å². The SMILES string of the molecule is CCOC(=O)N1CCN(C(=O)c2c(C)oc3ncnc(N4CCOCC4)c23)CC1. The summed E-state index contributed by atoms with van der Waals surface area (Å²) >= 11 is 0. The summed E-state index contributed by atoms with van der Waals surface area (Å²) in [5.74, 6) is 1.09. The fourth-order valence-electron chi connectivity index (χ4n) is 3.77. The molecule has 10 heteroatoms. The number of fused-ring (bicyclic) bond motifs is 1. The van der Waals surface area contributed by atoms with Crippen LogP contribution in [0.2, 0.25) is 0 Å². The number of anilines is 1. The van der Waals surface area contributed by atoms with Crippen molar-refractivity contribution in [3.63, 3.8) is 0 Å². The van der Waals surface area contributed by atoms with Gasteiger partial charge in [-0.1, -0.05) is 0 Å². The maximum absolute atomic E-state index is 13.4. The smallest absolute Gasteiger partial charge is 0.409 e. The Morgan fingerprint density at radius 3 is 2.45 bits per heavy atom. The molecule has 0 N–H and O–H groups in total. The number of carbonyl (C=O) groups is 2. The molecule has 4 heterocycles. The molecule has 10 nitrogen and oxygen atoms in total. The van der Waals surface area contributed by atoms with Crippen LogP contribution in [0.5, 0.6) is 0 Å². The van der Waals surface area contributed by atoms with E-state index in [1.54, 1.807) is 23.6 Å². The number of aromatic nitrogens is 2. The van der Waals surface area contributed by atoms with Gasteiger partial charge in [0.2, 0.25) is 5.71 Å². The van der Waals surface area contributed by atoms with Crippen molar-refractivity contribution >= 4 is 28.9 Å². The first kappa shape index (κ1) is 19.4. The van der Waals surface area contributed by atoms with E-state index in [0.717, 1.165) is 0 Å². The molecule has 2 saturated heterocycles. The Morgan fingerprint density at radius 1 is 1.07 bits per heavy atom. The fraction of sp³-hybridized carbons (Fsp3) is 0.579. The van der Waals surface area contributed by atoms with Crippen LogP contribution in [0.25, 0.3) is 11.1 Å². The molecule has 0 saturated carbocycles. The van der Waals surface area contributed by atoms with Crippen LogP contribution in [0.15, 0.2) is 10.7 Å². The van der Waals surface area contributed by atoms with Gasteiger partial charge in [-0.15, -0.1) is 0 Å². The predicted molar refractivity (Wildman–Crippen MR) is 104 cm³/mol. The lowest BCUT2D eigenvalue weighted by Crippen LogP contribution is -2.50. The van der Waals surface area contributed by atoms with Gasteiger partial charge in [0, 0.05) is 39.3 Å². The lowest BCUT2D eigenvalue weighted by molar-refractivity contribution is 0.0570. The van der Waals surface area contributed by atoms with Gasteiger partial charge in [-0.3, -0.25) is 4.79 Å². The number of hydrogen-bond acceptors (Lipinski definition) is 8. The molecule has 0 radical (unpaired) electrons. The summed E-state index contributed by atoms with van der Waals surface area (Å²) in [6.07, 6.45) is 1.12. The van der Waals surface area contributed by atoms with Crippen LogP contribution in [0.1, 0.15) is 23.0 Å². The second-order valence-electron chi connectivity index (χ2n) is 6.99. The minimum atomic E-state index is -0.340. The molecule has 0 aliphatic carbocycles. The number of piperazine rings is 1. The molecule has 2 aromatic rings. The Balaban J connectivity index is 1.60. The number of ether oxygens (including phenoxy) is 2. The molecule has 2 aliphatic heterocycles. The molecule has 29 heavy (non-hydrogen) atoms. The van der Waals surface area contributed by atoms with Crippen molar-refractivity contribution in [2.24, 2.45) is 0 Å². The third kappa shape index (κ3) is 3.71. The number of aryl methyl sites for hydroxylation is 1. The normalized spacial score (nSPS) is 17.7. The highest BCUT2D eigenvalue weighted by Crippen LogP contribution is 2.32. The molecule has 4 rings (SSSR count). The van der Waals surface area contributed by atoms with Gasteiger partial charge in [-0.2, -0.15) is 0 Å². The van der Waals surface area contributed by atoms with Gasteiger partial charge in [-0.25, -0.2) is 14.8 Å². The zero-order valence-electron chi connectivity index (χ0n) is 16.7. The van der Waals surface area contributed by atoms with Crippen LogP contribution in [-0.4, -0.2) is 90.9 Å². The Bertz CT molecular complexity index is 900. The van der Waals surface area contributed by atoms with Gasteiger partial charge in [-0.05, 0) is 13.8 Å². The molecule has 2 fully saturated rings. The number of amides is 2. The van der Waals surface area contributed by atoms with Crippen molar-refractivity contribution in [2.45, 2.75) is 13.8 Å². The lowest BCUT2D eigenvalue weighted by Gasteiger charge is -2.34. The summed E-state index contributed by atoms with van der Waals surface area (Å²) in [6, 6.07) is 0. The van der Waals surface area contributed by atoms with Gasteiger partial charge in [0.05, 0.1) is 30.8 Å². The van der Waals surface area contributed by atoms with Gasteiger partial charge in [0.1, 0.15) is 17.9 Å². The summed E-state index contributed by atoms with van der Waals surface area (Å²) in [4.78, 5) is 39.4. The van der Waals surface area contributed by atoms with Crippen molar-refractivity contribution in [3.05, 3.63) is 17.7 Å². The van der Waals surface area contributed by atoms with Gasteiger partial charge >= 0.3 is 6.09 Å². The van der Waals surface area contributed by atoms with Crippen LogP contribution < -0.4 is 4.90 Å². The van der Waals surface area contributed by atoms with Crippen molar-refractivity contribution in [1.29, 1.82) is 0 Å². The molecule has 2 amide bonds. The number of furan rings is 1. The molecule has 0 unspecified atom stereocenters. The predicted octanol–water partition coefficient (Wildman–Crippen LogP) is 1.28. The topological polar surface area (TPSA) is 101 Å². The molecule has 0 aromatic carbocycles. The van der Waals surface area contributed by atoms with Crippen LogP contribution >= 0.6 is 0 Å². The average Bonchev–Trinajstić information content (AvgIpc) is 3.10. The maximum Gasteiger partial charge on any atom is 0.409 e. The van der Waals surface area contributed by atoms with Crippen molar-refractivity contribution < 1.29 is 23.5 Å². The first-order valence-corrected chi connectivity index (χ1v) is 9.88. The van der Waals surface area contributed by atoms with E-state index < -0.39 is 0 Å². The Labute approximate surface area is 168 Å². The largest absolute Gasteiger partial charge is 0.450 e. The van der Waals surface area contributed by atoms with Crippen LogP contribution in [0, 0.1) is 6.92 Å². The van der Waals surface area contributed by atoms with Gasteiger partial charge in [0.25, 0.3) is 5.91 Å². The summed E-state index contributed by atoms with van der Waals surface area (Å²) in [5.41, 5.74) is 0.902. The highest BCUT2D eigenvalue weighted by molar-refractivity contribution is 6.10. The second kappa shape index (κ2) is 8.24. The zero-order valence-corrected chi connectivity index (χ0v) is 16.7. The van der Waals surface area contributed by atoms with Gasteiger partial charge in [0.15, 0.2) is 0 Å². The molecule has 0 atom stereocenters. The standard InChI is InChI=1S/C19H25N5O5/c1-3-28-19(26)24-6-4-23(5-7-24)18(25)14-13(2)29-17-15(14)16(20-12-21-17)22-8-10-27-11-9-22/h12H,3-11H2,1-2H3. The summed E-state index contributed by atoms with van der Waals surface area (Å²) in [5, 5.41) is 0.643. The van der Waals surface area contributed by atoms with E-state index in [1.165, 1.54) is 6.33 Å². The van der Waals surface area contributed by atoms with E-state index in [0.29, 0.717) is 87.3 Å². The van der Waals surface area contributed by atoms with E-state index >= 15 is 0 Å². The first-order valence-electron chi connectivity index (χ1n) is 9.88. The zero-order chi connectivity index (χ0) is 20.4. The highest BCUT2D eigenvalue weighted by atomic mass is 16.6. The van der Waals surface area contributed by atoms with Crippen molar-refractivity contribution in [2.75, 3.05) is 64.0 Å². The average molecular weight is 403 g/mol. The Morgan fingerprint density at radius 2 is 1.76 bits per heavy atom.